The SMILES string of the molecule is CC(C)C(C)C(C)C(C)Br. The standard InChI is InChI=1S/C9H19Br/c1-6(2)7(3)8(4)9(5)10/h6-9H,1-5H3. The zero-order chi connectivity index (χ0) is 8.31. The second kappa shape index (κ2) is 4.38. The summed E-state index contributed by atoms with van der Waals surface area (Å²) in [6.45, 7) is 11.4. The Balaban J connectivity index is 3.81. The minimum Gasteiger partial charge on any atom is -0.0891 e. The quantitative estimate of drug-likeness (QED) is 0.619. The summed E-state index contributed by atoms with van der Waals surface area (Å²) in [6, 6.07) is 0. The first-order chi connectivity index (χ1) is 4.46. The molecular weight excluding hydrogens is 188 g/mol. The average Bonchev–Trinajstić information content (AvgIpc) is 1.84. The fourth-order valence-electron chi connectivity index (χ4n) is 1.03. The molecule has 3 atom stereocenters. The van der Waals surface area contributed by atoms with Crippen molar-refractivity contribution in [2.24, 2.45) is 17.8 Å². The fraction of sp³-hybridized carbons (Fsp3) is 1.00. The van der Waals surface area contributed by atoms with Gasteiger partial charge in [-0.05, 0) is 17.8 Å². The molecule has 0 aliphatic heterocycles. The number of rotatable bonds is 3. The average molecular weight is 207 g/mol. The molecule has 0 N–H and O–H groups in total. The second-order valence-corrected chi connectivity index (χ2v) is 5.08. The van der Waals surface area contributed by atoms with Crippen LogP contribution in [0.2, 0.25) is 0 Å². The van der Waals surface area contributed by atoms with Crippen LogP contribution < -0.4 is 0 Å². The summed E-state index contributed by atoms with van der Waals surface area (Å²) in [5, 5.41) is 0. The predicted molar refractivity (Wildman–Crippen MR) is 51.6 cm³/mol. The monoisotopic (exact) mass is 206 g/mol. The predicted octanol–water partition coefficient (Wildman–Crippen LogP) is 3.70. The Morgan fingerprint density at radius 3 is 1.30 bits per heavy atom. The minimum absolute atomic E-state index is 0.643. The smallest absolute Gasteiger partial charge is 0.0145 e. The van der Waals surface area contributed by atoms with Gasteiger partial charge in [0.05, 0.1) is 0 Å². The first-order valence-electron chi connectivity index (χ1n) is 4.10. The lowest BCUT2D eigenvalue weighted by Gasteiger charge is -2.25. The van der Waals surface area contributed by atoms with Gasteiger partial charge in [0.2, 0.25) is 0 Å². The molecule has 0 bridgehead atoms. The van der Waals surface area contributed by atoms with Gasteiger partial charge in [-0.15, -0.1) is 0 Å². The fourth-order valence-corrected chi connectivity index (χ4v) is 1.51. The van der Waals surface area contributed by atoms with Crippen LogP contribution in [0.4, 0.5) is 0 Å². The molecule has 0 aliphatic carbocycles. The Hall–Kier alpha value is 0.480. The van der Waals surface area contributed by atoms with Gasteiger partial charge in [-0.2, -0.15) is 0 Å². The van der Waals surface area contributed by atoms with Crippen molar-refractivity contribution in [2.45, 2.75) is 39.4 Å². The Morgan fingerprint density at radius 2 is 1.20 bits per heavy atom. The molecule has 0 nitrogen and oxygen atoms in total. The van der Waals surface area contributed by atoms with Crippen LogP contribution in [0.5, 0.6) is 0 Å². The van der Waals surface area contributed by atoms with E-state index in [2.05, 4.69) is 50.5 Å². The van der Waals surface area contributed by atoms with Gasteiger partial charge in [0.25, 0.3) is 0 Å². The van der Waals surface area contributed by atoms with Crippen LogP contribution >= 0.6 is 15.9 Å². The molecule has 0 spiro atoms. The molecule has 0 heterocycles. The highest BCUT2D eigenvalue weighted by Crippen LogP contribution is 2.26. The molecule has 0 fully saturated rings. The number of hydrogen-bond acceptors (Lipinski definition) is 0. The molecule has 0 aromatic carbocycles. The van der Waals surface area contributed by atoms with Crippen LogP contribution in [0.3, 0.4) is 0 Å². The summed E-state index contributed by atoms with van der Waals surface area (Å²) in [7, 11) is 0. The van der Waals surface area contributed by atoms with Crippen LogP contribution in [0.1, 0.15) is 34.6 Å². The molecule has 10 heavy (non-hydrogen) atoms. The highest BCUT2D eigenvalue weighted by molar-refractivity contribution is 9.09. The van der Waals surface area contributed by atoms with E-state index in [9.17, 15) is 0 Å². The lowest BCUT2D eigenvalue weighted by atomic mass is 9.85. The summed E-state index contributed by atoms with van der Waals surface area (Å²) in [5.41, 5.74) is 0. The van der Waals surface area contributed by atoms with Crippen LogP contribution in [0.25, 0.3) is 0 Å². The van der Waals surface area contributed by atoms with Crippen LogP contribution in [-0.2, 0) is 0 Å². The van der Waals surface area contributed by atoms with Crippen LogP contribution in [0, 0.1) is 17.8 Å². The van der Waals surface area contributed by atoms with Crippen molar-refractivity contribution < 1.29 is 0 Å². The van der Waals surface area contributed by atoms with Crippen LogP contribution in [0.15, 0.2) is 0 Å². The largest absolute Gasteiger partial charge is 0.0891 e. The van der Waals surface area contributed by atoms with E-state index in [1.54, 1.807) is 0 Å². The zero-order valence-corrected chi connectivity index (χ0v) is 9.27. The van der Waals surface area contributed by atoms with Gasteiger partial charge < -0.3 is 0 Å². The first-order valence-corrected chi connectivity index (χ1v) is 5.02. The topological polar surface area (TPSA) is 0 Å². The van der Waals surface area contributed by atoms with E-state index in [4.69, 9.17) is 0 Å². The van der Waals surface area contributed by atoms with Gasteiger partial charge >= 0.3 is 0 Å². The molecule has 0 aromatic heterocycles. The Bertz CT molecular complexity index is 74.7. The molecule has 3 unspecified atom stereocenters. The molecule has 0 saturated carbocycles. The van der Waals surface area contributed by atoms with Crippen molar-refractivity contribution in [3.05, 3.63) is 0 Å². The second-order valence-electron chi connectivity index (χ2n) is 3.64. The molecule has 0 radical (unpaired) electrons. The molecule has 62 valence electrons. The maximum Gasteiger partial charge on any atom is 0.0145 e. The summed E-state index contributed by atoms with van der Waals surface area (Å²) in [4.78, 5) is 0.643. The lowest BCUT2D eigenvalue weighted by Crippen LogP contribution is -2.20. The highest BCUT2D eigenvalue weighted by atomic mass is 79.9. The van der Waals surface area contributed by atoms with Crippen molar-refractivity contribution in [3.8, 4) is 0 Å². The molecule has 0 saturated heterocycles. The number of alkyl halides is 1. The van der Waals surface area contributed by atoms with E-state index in [1.165, 1.54) is 0 Å². The van der Waals surface area contributed by atoms with E-state index < -0.39 is 0 Å². The van der Waals surface area contributed by atoms with Crippen molar-refractivity contribution in [1.82, 2.24) is 0 Å². The molecule has 0 amide bonds. The number of halogens is 1. The Kier molecular flexibility index (Phi) is 4.59. The minimum atomic E-state index is 0.643. The maximum absolute atomic E-state index is 3.61. The first kappa shape index (κ1) is 10.5. The molecule has 1 heteroatoms. The van der Waals surface area contributed by atoms with Gasteiger partial charge in [-0.1, -0.05) is 50.5 Å². The molecular formula is C9H19Br. The van der Waals surface area contributed by atoms with E-state index in [1.807, 2.05) is 0 Å². The van der Waals surface area contributed by atoms with Crippen molar-refractivity contribution in [3.63, 3.8) is 0 Å². The number of hydrogen-bond donors (Lipinski definition) is 0. The van der Waals surface area contributed by atoms with Crippen molar-refractivity contribution in [1.29, 1.82) is 0 Å². The van der Waals surface area contributed by atoms with Gasteiger partial charge in [-0.3, -0.25) is 0 Å². The molecule has 0 rings (SSSR count). The van der Waals surface area contributed by atoms with Gasteiger partial charge in [0.15, 0.2) is 0 Å². The third kappa shape index (κ3) is 3.05. The summed E-state index contributed by atoms with van der Waals surface area (Å²) < 4.78 is 0. The van der Waals surface area contributed by atoms with E-state index in [-0.39, 0.29) is 0 Å². The van der Waals surface area contributed by atoms with Gasteiger partial charge in [-0.25, -0.2) is 0 Å². The normalized spacial score (nSPS) is 20.7. The Morgan fingerprint density at radius 1 is 0.800 bits per heavy atom. The molecule has 0 aliphatic rings. The van der Waals surface area contributed by atoms with Gasteiger partial charge in [0, 0.05) is 4.83 Å². The van der Waals surface area contributed by atoms with Gasteiger partial charge in [0.1, 0.15) is 0 Å². The van der Waals surface area contributed by atoms with Crippen LogP contribution in [-0.4, -0.2) is 4.83 Å². The van der Waals surface area contributed by atoms with E-state index in [0.29, 0.717) is 4.83 Å². The van der Waals surface area contributed by atoms with Crippen molar-refractivity contribution in [2.75, 3.05) is 0 Å². The summed E-state index contributed by atoms with van der Waals surface area (Å²) in [6.07, 6.45) is 0. The van der Waals surface area contributed by atoms with E-state index >= 15 is 0 Å². The highest BCUT2D eigenvalue weighted by Gasteiger charge is 2.18. The third-order valence-electron chi connectivity index (χ3n) is 2.61. The third-order valence-corrected chi connectivity index (χ3v) is 3.44. The summed E-state index contributed by atoms with van der Waals surface area (Å²) in [5.74, 6) is 2.39. The molecule has 0 aromatic rings. The zero-order valence-electron chi connectivity index (χ0n) is 7.69. The maximum atomic E-state index is 3.61. The summed E-state index contributed by atoms with van der Waals surface area (Å²) >= 11 is 3.61. The Labute approximate surface area is 73.5 Å². The van der Waals surface area contributed by atoms with E-state index in [0.717, 1.165) is 17.8 Å². The lowest BCUT2D eigenvalue weighted by molar-refractivity contribution is 0.297. The van der Waals surface area contributed by atoms with Crippen molar-refractivity contribution >= 4 is 15.9 Å².